The van der Waals surface area contributed by atoms with Crippen molar-refractivity contribution in [2.24, 2.45) is 0 Å². The molecule has 6 heteroatoms. The highest BCUT2D eigenvalue weighted by Gasteiger charge is 2.06. The zero-order chi connectivity index (χ0) is 17.1. The molecular formula is C18H17N3O3. The fourth-order valence-corrected chi connectivity index (χ4v) is 2.43. The Kier molecular flexibility index (Phi) is 4.29. The van der Waals surface area contributed by atoms with Crippen molar-refractivity contribution in [1.82, 2.24) is 9.38 Å². The summed E-state index contributed by atoms with van der Waals surface area (Å²) in [5.74, 6) is -0.374. The maximum absolute atomic E-state index is 12.2. The quantitative estimate of drug-likeness (QED) is 0.747. The van der Waals surface area contributed by atoms with Crippen LogP contribution in [0.2, 0.25) is 0 Å². The van der Waals surface area contributed by atoms with Crippen molar-refractivity contribution in [3.05, 3.63) is 75.8 Å². The second kappa shape index (κ2) is 6.54. The van der Waals surface area contributed by atoms with Gasteiger partial charge in [0.25, 0.3) is 5.56 Å². The minimum absolute atomic E-state index is 0.110. The average molecular weight is 323 g/mol. The number of hydrogen-bond donors (Lipinski definition) is 1. The van der Waals surface area contributed by atoms with E-state index < -0.39 is 0 Å². The van der Waals surface area contributed by atoms with Crippen LogP contribution < -0.4 is 10.9 Å². The van der Waals surface area contributed by atoms with Gasteiger partial charge in [0.2, 0.25) is 0 Å². The summed E-state index contributed by atoms with van der Waals surface area (Å²) in [6.45, 7) is 2.34. The lowest BCUT2D eigenvalue weighted by molar-refractivity contribution is 0.0601. The van der Waals surface area contributed by atoms with Crippen molar-refractivity contribution < 1.29 is 9.53 Å². The molecular weight excluding hydrogens is 306 g/mol. The van der Waals surface area contributed by atoms with E-state index in [1.54, 1.807) is 30.5 Å². The van der Waals surface area contributed by atoms with E-state index in [0.29, 0.717) is 23.4 Å². The molecule has 0 fully saturated rings. The van der Waals surface area contributed by atoms with Gasteiger partial charge in [0.05, 0.1) is 24.9 Å². The van der Waals surface area contributed by atoms with E-state index in [1.807, 2.05) is 19.1 Å². The molecule has 3 aromatic rings. The summed E-state index contributed by atoms with van der Waals surface area (Å²) >= 11 is 0. The van der Waals surface area contributed by atoms with Gasteiger partial charge in [-0.25, -0.2) is 9.78 Å². The smallest absolute Gasteiger partial charge is 0.337 e. The molecule has 0 atom stereocenters. The molecule has 1 aromatic carbocycles. The van der Waals surface area contributed by atoms with Crippen molar-refractivity contribution in [2.45, 2.75) is 13.5 Å². The second-order valence-corrected chi connectivity index (χ2v) is 5.39. The number of carbonyl (C=O) groups excluding carboxylic acids is 1. The van der Waals surface area contributed by atoms with Gasteiger partial charge in [-0.3, -0.25) is 9.20 Å². The number of nitrogens with one attached hydrogen (secondary N) is 1. The van der Waals surface area contributed by atoms with Gasteiger partial charge in [-0.1, -0.05) is 6.07 Å². The first kappa shape index (κ1) is 15.7. The summed E-state index contributed by atoms with van der Waals surface area (Å²) in [5.41, 5.74) is 3.46. The van der Waals surface area contributed by atoms with Crippen molar-refractivity contribution in [3.8, 4) is 0 Å². The first-order chi connectivity index (χ1) is 11.6. The molecule has 0 spiro atoms. The highest BCUT2D eigenvalue weighted by molar-refractivity contribution is 5.89. The van der Waals surface area contributed by atoms with Crippen LogP contribution in [-0.2, 0) is 11.3 Å². The molecule has 2 aromatic heterocycles. The predicted molar refractivity (Wildman–Crippen MR) is 91.3 cm³/mol. The molecule has 0 amide bonds. The van der Waals surface area contributed by atoms with Crippen molar-refractivity contribution in [3.63, 3.8) is 0 Å². The Morgan fingerprint density at radius 1 is 1.25 bits per heavy atom. The van der Waals surface area contributed by atoms with Crippen LogP contribution in [0.15, 0.2) is 53.5 Å². The number of methoxy groups -OCH3 is 1. The zero-order valence-electron chi connectivity index (χ0n) is 13.4. The lowest BCUT2D eigenvalue weighted by atomic mass is 10.2. The van der Waals surface area contributed by atoms with Crippen LogP contribution in [0.4, 0.5) is 5.69 Å². The molecule has 0 radical (unpaired) electrons. The van der Waals surface area contributed by atoms with E-state index in [-0.39, 0.29) is 11.5 Å². The van der Waals surface area contributed by atoms with Crippen LogP contribution in [-0.4, -0.2) is 22.5 Å². The minimum Gasteiger partial charge on any atom is -0.465 e. The highest BCUT2D eigenvalue weighted by Crippen LogP contribution is 2.12. The Morgan fingerprint density at radius 3 is 2.71 bits per heavy atom. The lowest BCUT2D eigenvalue weighted by Crippen LogP contribution is -2.17. The molecule has 0 saturated carbocycles. The van der Waals surface area contributed by atoms with Crippen LogP contribution >= 0.6 is 0 Å². The van der Waals surface area contributed by atoms with Gasteiger partial charge in [-0.15, -0.1) is 0 Å². The largest absolute Gasteiger partial charge is 0.465 e. The van der Waals surface area contributed by atoms with Gasteiger partial charge < -0.3 is 10.1 Å². The number of anilines is 1. The Morgan fingerprint density at radius 2 is 2.00 bits per heavy atom. The topological polar surface area (TPSA) is 72.7 Å². The Hall–Kier alpha value is -3.15. The van der Waals surface area contributed by atoms with Crippen molar-refractivity contribution >= 4 is 17.3 Å². The number of aromatic nitrogens is 2. The fourth-order valence-electron chi connectivity index (χ4n) is 2.43. The average Bonchev–Trinajstić information content (AvgIpc) is 2.60. The van der Waals surface area contributed by atoms with Crippen molar-refractivity contribution in [2.75, 3.05) is 12.4 Å². The highest BCUT2D eigenvalue weighted by atomic mass is 16.5. The number of hydrogen-bond acceptors (Lipinski definition) is 5. The van der Waals surface area contributed by atoms with E-state index in [9.17, 15) is 9.59 Å². The Bertz CT molecular complexity index is 946. The van der Waals surface area contributed by atoms with Crippen LogP contribution in [0.1, 0.15) is 21.6 Å². The standard InChI is InChI=1S/C18H17N3O3/c1-12-4-3-9-21-16(22)10-15(20-17(12)21)11-19-14-7-5-13(6-8-14)18(23)24-2/h3-10,19H,11H2,1-2H3. The fraction of sp³-hybridized carbons (Fsp3) is 0.167. The molecule has 0 unspecified atom stereocenters. The van der Waals surface area contributed by atoms with E-state index >= 15 is 0 Å². The summed E-state index contributed by atoms with van der Waals surface area (Å²) in [4.78, 5) is 28.1. The molecule has 0 bridgehead atoms. The van der Waals surface area contributed by atoms with Crippen molar-refractivity contribution in [1.29, 1.82) is 0 Å². The molecule has 3 rings (SSSR count). The number of ether oxygens (including phenoxy) is 1. The number of pyridine rings is 1. The minimum atomic E-state index is -0.374. The number of aryl methyl sites for hydroxylation is 1. The van der Waals surface area contributed by atoms with Gasteiger partial charge >= 0.3 is 5.97 Å². The van der Waals surface area contributed by atoms with E-state index in [1.165, 1.54) is 17.6 Å². The van der Waals surface area contributed by atoms with Gasteiger partial charge in [-0.2, -0.15) is 0 Å². The van der Waals surface area contributed by atoms with Crippen LogP contribution in [0.25, 0.3) is 5.65 Å². The maximum Gasteiger partial charge on any atom is 0.337 e. The molecule has 0 aliphatic rings. The third-order valence-electron chi connectivity index (χ3n) is 3.72. The molecule has 0 saturated heterocycles. The molecule has 6 nitrogen and oxygen atoms in total. The van der Waals surface area contributed by atoms with E-state index in [4.69, 9.17) is 0 Å². The maximum atomic E-state index is 12.2. The lowest BCUT2D eigenvalue weighted by Gasteiger charge is -2.09. The molecule has 122 valence electrons. The van der Waals surface area contributed by atoms with Gasteiger partial charge in [0.1, 0.15) is 5.65 Å². The summed E-state index contributed by atoms with van der Waals surface area (Å²) in [6.07, 6.45) is 1.71. The first-order valence-electron chi connectivity index (χ1n) is 7.48. The Balaban J connectivity index is 1.79. The number of nitrogens with zero attached hydrogens (tertiary/aromatic N) is 2. The van der Waals surface area contributed by atoms with Gasteiger partial charge in [0, 0.05) is 18.0 Å². The third kappa shape index (κ3) is 3.12. The monoisotopic (exact) mass is 323 g/mol. The number of benzene rings is 1. The summed E-state index contributed by atoms with van der Waals surface area (Å²) in [5, 5.41) is 3.19. The summed E-state index contributed by atoms with van der Waals surface area (Å²) in [7, 11) is 1.35. The SMILES string of the molecule is COC(=O)c1ccc(NCc2cc(=O)n3cccc(C)c3n2)cc1. The van der Waals surface area contributed by atoms with E-state index in [2.05, 4.69) is 15.0 Å². The number of esters is 1. The summed E-state index contributed by atoms with van der Waals surface area (Å²) in [6, 6.07) is 12.2. The second-order valence-electron chi connectivity index (χ2n) is 5.39. The van der Waals surface area contributed by atoms with Crippen LogP contribution in [0.5, 0.6) is 0 Å². The predicted octanol–water partition coefficient (Wildman–Crippen LogP) is 2.40. The van der Waals surface area contributed by atoms with Crippen LogP contribution in [0, 0.1) is 6.92 Å². The Labute approximate surface area is 138 Å². The van der Waals surface area contributed by atoms with E-state index in [0.717, 1.165) is 11.3 Å². The van der Waals surface area contributed by atoms with Crippen LogP contribution in [0.3, 0.4) is 0 Å². The zero-order valence-corrected chi connectivity index (χ0v) is 13.4. The number of rotatable bonds is 4. The number of carbonyl (C=O) groups is 1. The molecule has 0 aliphatic carbocycles. The van der Waals surface area contributed by atoms with Gasteiger partial charge in [0.15, 0.2) is 0 Å². The summed E-state index contributed by atoms with van der Waals surface area (Å²) < 4.78 is 6.20. The normalized spacial score (nSPS) is 10.6. The third-order valence-corrected chi connectivity index (χ3v) is 3.72. The molecule has 2 heterocycles. The molecule has 1 N–H and O–H groups in total. The molecule has 0 aliphatic heterocycles. The van der Waals surface area contributed by atoms with Gasteiger partial charge in [-0.05, 0) is 42.8 Å². The number of fused-ring (bicyclic) bond motifs is 1. The molecule has 24 heavy (non-hydrogen) atoms. The first-order valence-corrected chi connectivity index (χ1v) is 7.48.